The Morgan fingerprint density at radius 2 is 1.82 bits per heavy atom. The van der Waals surface area contributed by atoms with Crippen LogP contribution in [0.4, 0.5) is 11.5 Å². The van der Waals surface area contributed by atoms with Crippen molar-refractivity contribution in [2.24, 2.45) is 0 Å². The molecule has 0 fully saturated rings. The van der Waals surface area contributed by atoms with Gasteiger partial charge in [-0.15, -0.1) is 10.2 Å². The minimum atomic E-state index is -0.252. The molecule has 0 aliphatic carbocycles. The number of nitrogens with one attached hydrogen (secondary N) is 2. The molecule has 0 saturated heterocycles. The Kier molecular flexibility index (Phi) is 5.47. The smallest absolute Gasteiger partial charge is 0.276 e. The molecule has 2 aromatic rings. The Labute approximate surface area is 131 Å². The number of nitrogens with zero attached hydrogens (tertiary/aromatic N) is 2. The highest BCUT2D eigenvalue weighted by Crippen LogP contribution is 2.14. The van der Waals surface area contributed by atoms with Crippen LogP contribution in [0.5, 0.6) is 0 Å². The molecule has 116 valence electrons. The summed E-state index contributed by atoms with van der Waals surface area (Å²) in [5.41, 5.74) is 3.29. The van der Waals surface area contributed by atoms with E-state index < -0.39 is 0 Å². The zero-order valence-corrected chi connectivity index (χ0v) is 13.3. The van der Waals surface area contributed by atoms with Gasteiger partial charge >= 0.3 is 0 Å². The first-order valence-electron chi connectivity index (χ1n) is 7.55. The zero-order valence-electron chi connectivity index (χ0n) is 13.3. The molecule has 0 aliphatic heterocycles. The Morgan fingerprint density at radius 3 is 2.41 bits per heavy atom. The van der Waals surface area contributed by atoms with Gasteiger partial charge in [0.2, 0.25) is 0 Å². The molecule has 5 heteroatoms. The molecule has 2 N–H and O–H groups in total. The van der Waals surface area contributed by atoms with Crippen LogP contribution in [0.2, 0.25) is 0 Å². The molecular weight excluding hydrogens is 276 g/mol. The maximum Gasteiger partial charge on any atom is 0.276 e. The summed E-state index contributed by atoms with van der Waals surface area (Å²) in [5.74, 6) is 0.439. The first-order chi connectivity index (χ1) is 10.6. The third kappa shape index (κ3) is 4.55. The zero-order chi connectivity index (χ0) is 15.9. The van der Waals surface area contributed by atoms with Crippen molar-refractivity contribution in [1.29, 1.82) is 0 Å². The summed E-state index contributed by atoms with van der Waals surface area (Å²) in [5, 5.41) is 14.0. The molecule has 0 radical (unpaired) electrons. The van der Waals surface area contributed by atoms with Crippen LogP contribution in [0, 0.1) is 13.8 Å². The van der Waals surface area contributed by atoms with Gasteiger partial charge in [0, 0.05) is 12.2 Å². The second kappa shape index (κ2) is 7.54. The van der Waals surface area contributed by atoms with Gasteiger partial charge in [-0.1, -0.05) is 19.4 Å². The summed E-state index contributed by atoms with van der Waals surface area (Å²) in [4.78, 5) is 12.2. The maximum atomic E-state index is 12.2. The van der Waals surface area contributed by atoms with Crippen LogP contribution in [-0.4, -0.2) is 22.6 Å². The minimum absolute atomic E-state index is 0.252. The minimum Gasteiger partial charge on any atom is -0.369 e. The Balaban J connectivity index is 2.00. The Bertz CT molecular complexity index is 617. The van der Waals surface area contributed by atoms with E-state index in [1.54, 1.807) is 12.1 Å². The van der Waals surface area contributed by atoms with Crippen LogP contribution in [0.15, 0.2) is 30.3 Å². The van der Waals surface area contributed by atoms with Gasteiger partial charge in [-0.05, 0) is 55.7 Å². The third-order valence-electron chi connectivity index (χ3n) is 3.21. The Hall–Kier alpha value is -2.43. The molecular formula is C17H22N4O. The van der Waals surface area contributed by atoms with Crippen LogP contribution in [0.1, 0.15) is 41.4 Å². The van der Waals surface area contributed by atoms with E-state index in [9.17, 15) is 4.79 Å². The van der Waals surface area contributed by atoms with E-state index in [0.717, 1.165) is 36.2 Å². The number of anilines is 2. The van der Waals surface area contributed by atoms with E-state index >= 15 is 0 Å². The number of hydrogen-bond acceptors (Lipinski definition) is 4. The number of unbranched alkanes of at least 4 members (excludes halogenated alkanes) is 1. The van der Waals surface area contributed by atoms with Crippen LogP contribution >= 0.6 is 0 Å². The van der Waals surface area contributed by atoms with E-state index in [1.807, 2.05) is 26.0 Å². The van der Waals surface area contributed by atoms with E-state index in [-0.39, 0.29) is 5.91 Å². The number of carbonyl (C=O) groups is 1. The lowest BCUT2D eigenvalue weighted by Gasteiger charge is -2.08. The van der Waals surface area contributed by atoms with Gasteiger partial charge in [0.05, 0.1) is 0 Å². The van der Waals surface area contributed by atoms with Gasteiger partial charge in [0.25, 0.3) is 5.91 Å². The molecule has 0 spiro atoms. The fourth-order valence-electron chi connectivity index (χ4n) is 2.18. The van der Waals surface area contributed by atoms with Crippen molar-refractivity contribution in [1.82, 2.24) is 10.2 Å². The van der Waals surface area contributed by atoms with Crippen molar-refractivity contribution in [3.63, 3.8) is 0 Å². The maximum absolute atomic E-state index is 12.2. The van der Waals surface area contributed by atoms with Gasteiger partial charge in [-0.3, -0.25) is 4.79 Å². The fourth-order valence-corrected chi connectivity index (χ4v) is 2.18. The van der Waals surface area contributed by atoms with Crippen LogP contribution < -0.4 is 10.6 Å². The lowest BCUT2D eigenvalue weighted by Crippen LogP contribution is -2.15. The predicted octanol–water partition coefficient (Wildman–Crippen LogP) is 3.56. The molecule has 1 amide bonds. The number of benzene rings is 1. The SMILES string of the molecule is CCCCNc1ccc(C(=O)Nc2cc(C)cc(C)c2)nn1. The number of rotatable bonds is 6. The average Bonchev–Trinajstić information content (AvgIpc) is 2.47. The summed E-state index contributed by atoms with van der Waals surface area (Å²) in [7, 11) is 0. The van der Waals surface area contributed by atoms with E-state index in [0.29, 0.717) is 11.5 Å². The van der Waals surface area contributed by atoms with Crippen molar-refractivity contribution in [2.45, 2.75) is 33.6 Å². The lowest BCUT2D eigenvalue weighted by atomic mass is 10.1. The number of hydrogen-bond donors (Lipinski definition) is 2. The molecule has 0 saturated carbocycles. The normalized spacial score (nSPS) is 10.3. The summed E-state index contributed by atoms with van der Waals surface area (Å²) in [6.07, 6.45) is 2.20. The molecule has 0 unspecified atom stereocenters. The molecule has 1 heterocycles. The first-order valence-corrected chi connectivity index (χ1v) is 7.55. The van der Waals surface area contributed by atoms with Crippen molar-refractivity contribution in [3.05, 3.63) is 47.2 Å². The Morgan fingerprint density at radius 1 is 1.09 bits per heavy atom. The molecule has 0 bridgehead atoms. The number of carbonyl (C=O) groups excluding carboxylic acids is 1. The molecule has 0 atom stereocenters. The molecule has 2 rings (SSSR count). The molecule has 1 aromatic heterocycles. The van der Waals surface area contributed by atoms with Crippen LogP contribution in [0.3, 0.4) is 0 Å². The van der Waals surface area contributed by atoms with Gasteiger partial charge < -0.3 is 10.6 Å². The number of aryl methyl sites for hydroxylation is 2. The lowest BCUT2D eigenvalue weighted by molar-refractivity contribution is 0.102. The molecule has 1 aromatic carbocycles. The van der Waals surface area contributed by atoms with E-state index in [1.165, 1.54) is 0 Å². The van der Waals surface area contributed by atoms with Gasteiger partial charge in [-0.2, -0.15) is 0 Å². The van der Waals surface area contributed by atoms with Gasteiger partial charge in [0.1, 0.15) is 5.82 Å². The summed E-state index contributed by atoms with van der Waals surface area (Å²) in [6, 6.07) is 9.38. The van der Waals surface area contributed by atoms with Crippen molar-refractivity contribution in [2.75, 3.05) is 17.2 Å². The second-order valence-corrected chi connectivity index (χ2v) is 5.41. The summed E-state index contributed by atoms with van der Waals surface area (Å²) >= 11 is 0. The van der Waals surface area contributed by atoms with Crippen LogP contribution in [0.25, 0.3) is 0 Å². The largest absolute Gasteiger partial charge is 0.369 e. The monoisotopic (exact) mass is 298 g/mol. The van der Waals surface area contributed by atoms with E-state index in [2.05, 4.69) is 33.8 Å². The van der Waals surface area contributed by atoms with Crippen LogP contribution in [-0.2, 0) is 0 Å². The molecule has 22 heavy (non-hydrogen) atoms. The average molecular weight is 298 g/mol. The second-order valence-electron chi connectivity index (χ2n) is 5.41. The van der Waals surface area contributed by atoms with E-state index in [4.69, 9.17) is 0 Å². The highest BCUT2D eigenvalue weighted by Gasteiger charge is 2.09. The molecule has 5 nitrogen and oxygen atoms in total. The highest BCUT2D eigenvalue weighted by atomic mass is 16.1. The predicted molar refractivity (Wildman–Crippen MR) is 89.3 cm³/mol. The summed E-state index contributed by atoms with van der Waals surface area (Å²) in [6.45, 7) is 6.99. The fraction of sp³-hybridized carbons (Fsp3) is 0.353. The first kappa shape index (κ1) is 15.9. The van der Waals surface area contributed by atoms with Crippen molar-refractivity contribution < 1.29 is 4.79 Å². The van der Waals surface area contributed by atoms with Crippen molar-refractivity contribution >= 4 is 17.4 Å². The van der Waals surface area contributed by atoms with Crippen molar-refractivity contribution in [3.8, 4) is 0 Å². The number of aromatic nitrogens is 2. The number of amides is 1. The topological polar surface area (TPSA) is 66.9 Å². The molecule has 0 aliphatic rings. The summed E-state index contributed by atoms with van der Waals surface area (Å²) < 4.78 is 0. The highest BCUT2D eigenvalue weighted by molar-refractivity contribution is 6.02. The standard InChI is InChI=1S/C17H22N4O/c1-4-5-8-18-16-7-6-15(20-21-16)17(22)19-14-10-12(2)9-13(3)11-14/h6-7,9-11H,4-5,8H2,1-3H3,(H,18,21)(H,19,22). The van der Waals surface area contributed by atoms with Gasteiger partial charge in [0.15, 0.2) is 5.69 Å². The van der Waals surface area contributed by atoms with Gasteiger partial charge in [-0.25, -0.2) is 0 Å². The third-order valence-corrected chi connectivity index (χ3v) is 3.21. The quantitative estimate of drug-likeness (QED) is 0.800.